The molecule has 4 rings (SSSR count). The van der Waals surface area contributed by atoms with Gasteiger partial charge in [0, 0.05) is 11.4 Å². The standard InChI is InChI=1S/C20H15N/c1-2-8-19(9-3-1)21-20-11-10-17-12-15-6-4-5-7-16(15)13-18(17)14-20/h1-14,21H. The van der Waals surface area contributed by atoms with Crippen LogP contribution in [-0.2, 0) is 0 Å². The van der Waals surface area contributed by atoms with Gasteiger partial charge in [0.1, 0.15) is 0 Å². The summed E-state index contributed by atoms with van der Waals surface area (Å²) < 4.78 is 0. The maximum atomic E-state index is 3.44. The number of hydrogen-bond donors (Lipinski definition) is 1. The minimum Gasteiger partial charge on any atom is -0.356 e. The van der Waals surface area contributed by atoms with Crippen LogP contribution in [0.4, 0.5) is 11.4 Å². The van der Waals surface area contributed by atoms with Crippen LogP contribution in [0.15, 0.2) is 84.9 Å². The van der Waals surface area contributed by atoms with Crippen LogP contribution in [0.1, 0.15) is 0 Å². The molecule has 0 atom stereocenters. The van der Waals surface area contributed by atoms with Gasteiger partial charge in [-0.3, -0.25) is 0 Å². The Kier molecular flexibility index (Phi) is 2.82. The van der Waals surface area contributed by atoms with Crippen molar-refractivity contribution < 1.29 is 0 Å². The Morgan fingerprint density at radius 2 is 1.05 bits per heavy atom. The molecule has 0 aliphatic rings. The van der Waals surface area contributed by atoms with Crippen LogP contribution < -0.4 is 5.32 Å². The molecule has 100 valence electrons. The summed E-state index contributed by atoms with van der Waals surface area (Å²) in [7, 11) is 0. The van der Waals surface area contributed by atoms with Crippen molar-refractivity contribution in [1.82, 2.24) is 0 Å². The Morgan fingerprint density at radius 1 is 0.429 bits per heavy atom. The highest BCUT2D eigenvalue weighted by molar-refractivity contribution is 5.99. The lowest BCUT2D eigenvalue weighted by atomic mass is 10.0. The van der Waals surface area contributed by atoms with Gasteiger partial charge < -0.3 is 5.32 Å². The third-order valence-corrected chi connectivity index (χ3v) is 3.77. The van der Waals surface area contributed by atoms with Gasteiger partial charge >= 0.3 is 0 Å². The molecule has 0 saturated heterocycles. The molecule has 0 bridgehead atoms. The molecule has 1 N–H and O–H groups in total. The van der Waals surface area contributed by atoms with Crippen molar-refractivity contribution in [2.75, 3.05) is 5.32 Å². The van der Waals surface area contributed by atoms with Crippen molar-refractivity contribution in [1.29, 1.82) is 0 Å². The minimum absolute atomic E-state index is 1.11. The number of nitrogens with one attached hydrogen (secondary N) is 1. The van der Waals surface area contributed by atoms with Gasteiger partial charge in [-0.05, 0) is 57.9 Å². The van der Waals surface area contributed by atoms with Crippen molar-refractivity contribution in [2.24, 2.45) is 0 Å². The zero-order valence-electron chi connectivity index (χ0n) is 11.6. The van der Waals surface area contributed by atoms with Gasteiger partial charge in [-0.1, -0.05) is 48.5 Å². The third-order valence-electron chi connectivity index (χ3n) is 3.77. The average Bonchev–Trinajstić information content (AvgIpc) is 2.54. The number of fused-ring (bicyclic) bond motifs is 2. The number of hydrogen-bond acceptors (Lipinski definition) is 1. The Labute approximate surface area is 123 Å². The Hall–Kier alpha value is -2.80. The van der Waals surface area contributed by atoms with Crippen molar-refractivity contribution in [3.05, 3.63) is 84.9 Å². The zero-order chi connectivity index (χ0) is 14.1. The highest BCUT2D eigenvalue weighted by Crippen LogP contribution is 2.26. The van der Waals surface area contributed by atoms with Gasteiger partial charge in [0.2, 0.25) is 0 Å². The van der Waals surface area contributed by atoms with E-state index in [1.165, 1.54) is 21.5 Å². The number of benzene rings is 4. The fourth-order valence-electron chi connectivity index (χ4n) is 2.71. The van der Waals surface area contributed by atoms with Crippen LogP contribution in [0, 0.1) is 0 Å². The summed E-state index contributed by atoms with van der Waals surface area (Å²) >= 11 is 0. The molecular formula is C20H15N. The smallest absolute Gasteiger partial charge is 0.0390 e. The van der Waals surface area contributed by atoms with E-state index >= 15 is 0 Å². The van der Waals surface area contributed by atoms with Crippen LogP contribution in [0.5, 0.6) is 0 Å². The molecule has 0 spiro atoms. The second-order valence-electron chi connectivity index (χ2n) is 5.25. The second kappa shape index (κ2) is 4.95. The molecule has 1 nitrogen and oxygen atoms in total. The fourth-order valence-corrected chi connectivity index (χ4v) is 2.71. The molecule has 0 saturated carbocycles. The highest BCUT2D eigenvalue weighted by atomic mass is 14.9. The molecule has 0 radical (unpaired) electrons. The maximum absolute atomic E-state index is 3.44. The van der Waals surface area contributed by atoms with E-state index < -0.39 is 0 Å². The molecule has 1 heteroatoms. The van der Waals surface area contributed by atoms with Gasteiger partial charge in [-0.2, -0.15) is 0 Å². The minimum atomic E-state index is 1.11. The van der Waals surface area contributed by atoms with Gasteiger partial charge in [0.15, 0.2) is 0 Å². The molecule has 0 unspecified atom stereocenters. The molecule has 4 aromatic rings. The fraction of sp³-hybridized carbons (Fsp3) is 0. The third kappa shape index (κ3) is 2.34. The van der Waals surface area contributed by atoms with Crippen LogP contribution in [-0.4, -0.2) is 0 Å². The van der Waals surface area contributed by atoms with Crippen LogP contribution in [0.25, 0.3) is 21.5 Å². The van der Waals surface area contributed by atoms with E-state index in [0.29, 0.717) is 0 Å². The van der Waals surface area contributed by atoms with E-state index in [0.717, 1.165) is 11.4 Å². The summed E-state index contributed by atoms with van der Waals surface area (Å²) in [4.78, 5) is 0. The van der Waals surface area contributed by atoms with Gasteiger partial charge in [-0.25, -0.2) is 0 Å². The molecule has 0 heterocycles. The van der Waals surface area contributed by atoms with E-state index in [4.69, 9.17) is 0 Å². The predicted molar refractivity (Wildman–Crippen MR) is 91.2 cm³/mol. The molecule has 0 aliphatic heterocycles. The van der Waals surface area contributed by atoms with E-state index in [9.17, 15) is 0 Å². The first kappa shape index (κ1) is 12.0. The van der Waals surface area contributed by atoms with Gasteiger partial charge in [0.05, 0.1) is 0 Å². The quantitative estimate of drug-likeness (QED) is 0.458. The van der Waals surface area contributed by atoms with Crippen molar-refractivity contribution >= 4 is 32.9 Å². The Bertz CT molecular complexity index is 910. The van der Waals surface area contributed by atoms with Crippen LogP contribution >= 0.6 is 0 Å². The summed E-state index contributed by atoms with van der Waals surface area (Å²) in [6.07, 6.45) is 0. The molecule has 0 aromatic heterocycles. The number of para-hydroxylation sites is 1. The summed E-state index contributed by atoms with van der Waals surface area (Å²) in [5.41, 5.74) is 2.22. The van der Waals surface area contributed by atoms with Crippen LogP contribution in [0.3, 0.4) is 0 Å². The first-order chi connectivity index (χ1) is 10.4. The lowest BCUT2D eigenvalue weighted by molar-refractivity contribution is 1.57. The molecule has 21 heavy (non-hydrogen) atoms. The lowest BCUT2D eigenvalue weighted by Crippen LogP contribution is -1.89. The largest absolute Gasteiger partial charge is 0.356 e. The molecule has 0 aliphatic carbocycles. The summed E-state index contributed by atoms with van der Waals surface area (Å²) in [6, 6.07) is 29.7. The molecule has 4 aromatic carbocycles. The number of anilines is 2. The first-order valence-corrected chi connectivity index (χ1v) is 7.13. The Balaban J connectivity index is 1.80. The molecule has 0 fully saturated rings. The van der Waals surface area contributed by atoms with Crippen molar-refractivity contribution in [3.63, 3.8) is 0 Å². The van der Waals surface area contributed by atoms with Crippen molar-refractivity contribution in [3.8, 4) is 0 Å². The molecule has 0 amide bonds. The zero-order valence-corrected chi connectivity index (χ0v) is 11.6. The van der Waals surface area contributed by atoms with Crippen LogP contribution in [0.2, 0.25) is 0 Å². The lowest BCUT2D eigenvalue weighted by Gasteiger charge is -2.08. The molecular weight excluding hydrogens is 254 g/mol. The van der Waals surface area contributed by atoms with Gasteiger partial charge in [-0.15, -0.1) is 0 Å². The monoisotopic (exact) mass is 269 g/mol. The highest BCUT2D eigenvalue weighted by Gasteiger charge is 2.00. The maximum Gasteiger partial charge on any atom is 0.0390 e. The van der Waals surface area contributed by atoms with E-state index in [1.807, 2.05) is 18.2 Å². The SMILES string of the molecule is c1ccc(Nc2ccc3cc4ccccc4cc3c2)cc1. The van der Waals surface area contributed by atoms with E-state index in [1.54, 1.807) is 0 Å². The van der Waals surface area contributed by atoms with E-state index in [-0.39, 0.29) is 0 Å². The first-order valence-electron chi connectivity index (χ1n) is 7.13. The van der Waals surface area contributed by atoms with Crippen molar-refractivity contribution in [2.45, 2.75) is 0 Å². The average molecular weight is 269 g/mol. The van der Waals surface area contributed by atoms with Gasteiger partial charge in [0.25, 0.3) is 0 Å². The summed E-state index contributed by atoms with van der Waals surface area (Å²) in [6.45, 7) is 0. The summed E-state index contributed by atoms with van der Waals surface area (Å²) in [5, 5.41) is 8.54. The normalized spacial score (nSPS) is 10.9. The second-order valence-corrected chi connectivity index (χ2v) is 5.25. The topological polar surface area (TPSA) is 12.0 Å². The van der Waals surface area contributed by atoms with E-state index in [2.05, 4.69) is 72.0 Å². The Morgan fingerprint density at radius 3 is 1.81 bits per heavy atom. The summed E-state index contributed by atoms with van der Waals surface area (Å²) in [5.74, 6) is 0. The number of rotatable bonds is 2. The predicted octanol–water partition coefficient (Wildman–Crippen LogP) is 5.74.